The molecule has 160 valence electrons. The Balaban J connectivity index is 1.83. The van der Waals surface area contributed by atoms with Crippen LogP contribution in [0.15, 0.2) is 36.7 Å². The number of pyridine rings is 1. The number of nitrogens with one attached hydrogen (secondary N) is 1. The Bertz CT molecular complexity index is 903. The molecule has 1 saturated heterocycles. The smallest absolute Gasteiger partial charge is 0.226 e. The van der Waals surface area contributed by atoms with Crippen LogP contribution in [0.4, 0.5) is 0 Å². The molecule has 2 aromatic rings. The van der Waals surface area contributed by atoms with Crippen molar-refractivity contribution in [2.45, 2.75) is 18.9 Å². The van der Waals surface area contributed by atoms with Gasteiger partial charge in [0.05, 0.1) is 33.3 Å². The molecule has 0 aliphatic carbocycles. The zero-order valence-electron chi connectivity index (χ0n) is 17.7. The Kier molecular flexibility index (Phi) is 6.76. The summed E-state index contributed by atoms with van der Waals surface area (Å²) in [4.78, 5) is 31.1. The molecule has 1 aromatic heterocycles. The predicted molar refractivity (Wildman–Crippen MR) is 111 cm³/mol. The van der Waals surface area contributed by atoms with Crippen molar-refractivity contribution in [1.29, 1.82) is 0 Å². The highest BCUT2D eigenvalue weighted by molar-refractivity contribution is 5.90. The lowest BCUT2D eigenvalue weighted by molar-refractivity contribution is -0.128. The van der Waals surface area contributed by atoms with Crippen molar-refractivity contribution in [1.82, 2.24) is 15.2 Å². The molecule has 8 nitrogen and oxygen atoms in total. The van der Waals surface area contributed by atoms with E-state index in [4.69, 9.17) is 14.2 Å². The summed E-state index contributed by atoms with van der Waals surface area (Å²) in [5.74, 6) is 0.616. The Morgan fingerprint density at radius 2 is 1.80 bits per heavy atom. The first-order chi connectivity index (χ1) is 14.5. The number of likely N-dealkylation sites (tertiary alicyclic amines) is 1. The van der Waals surface area contributed by atoms with Crippen LogP contribution in [0.2, 0.25) is 0 Å². The second-order valence-electron chi connectivity index (χ2n) is 7.08. The zero-order chi connectivity index (χ0) is 21.7. The van der Waals surface area contributed by atoms with E-state index in [2.05, 4.69) is 10.3 Å². The topological polar surface area (TPSA) is 90.0 Å². The first-order valence-corrected chi connectivity index (χ1v) is 9.73. The van der Waals surface area contributed by atoms with Crippen molar-refractivity contribution in [2.24, 2.45) is 5.92 Å². The van der Waals surface area contributed by atoms with Gasteiger partial charge >= 0.3 is 0 Å². The highest BCUT2D eigenvalue weighted by Crippen LogP contribution is 2.47. The summed E-state index contributed by atoms with van der Waals surface area (Å²) in [6.45, 7) is 0.479. The van der Waals surface area contributed by atoms with E-state index >= 15 is 0 Å². The van der Waals surface area contributed by atoms with Gasteiger partial charge < -0.3 is 24.4 Å². The Hall–Kier alpha value is -3.29. The largest absolute Gasteiger partial charge is 0.493 e. The maximum atomic E-state index is 13.0. The normalized spacial score (nSPS) is 18.3. The van der Waals surface area contributed by atoms with Crippen molar-refractivity contribution >= 4 is 11.8 Å². The fraction of sp³-hybridized carbons (Fsp3) is 0.409. The van der Waals surface area contributed by atoms with E-state index in [9.17, 15) is 9.59 Å². The van der Waals surface area contributed by atoms with Crippen LogP contribution in [0.3, 0.4) is 0 Å². The number of carbonyl (C=O) groups excluding carboxylic acids is 2. The van der Waals surface area contributed by atoms with Crippen molar-refractivity contribution in [3.05, 3.63) is 47.8 Å². The van der Waals surface area contributed by atoms with Crippen LogP contribution in [0.5, 0.6) is 17.2 Å². The molecule has 1 aromatic carbocycles. The van der Waals surface area contributed by atoms with Gasteiger partial charge in [-0.2, -0.15) is 0 Å². The Labute approximate surface area is 176 Å². The number of nitrogens with zero attached hydrogens (tertiary/aromatic N) is 2. The average molecular weight is 413 g/mol. The molecule has 1 N–H and O–H groups in total. The summed E-state index contributed by atoms with van der Waals surface area (Å²) in [5.41, 5.74) is 1.79. The van der Waals surface area contributed by atoms with E-state index in [1.165, 1.54) is 14.2 Å². The fourth-order valence-electron chi connectivity index (χ4n) is 3.90. The number of ether oxygens (including phenoxy) is 3. The van der Waals surface area contributed by atoms with Crippen LogP contribution in [-0.2, 0) is 16.0 Å². The molecule has 1 aliphatic rings. The molecule has 30 heavy (non-hydrogen) atoms. The van der Waals surface area contributed by atoms with Crippen LogP contribution in [-0.4, -0.2) is 56.6 Å². The molecule has 0 radical (unpaired) electrons. The highest BCUT2D eigenvalue weighted by Gasteiger charge is 2.44. The molecule has 2 amide bonds. The summed E-state index contributed by atoms with van der Waals surface area (Å²) in [7, 11) is 6.30. The van der Waals surface area contributed by atoms with Gasteiger partial charge in [0.15, 0.2) is 11.5 Å². The van der Waals surface area contributed by atoms with Gasteiger partial charge in [0, 0.05) is 38.0 Å². The molecular weight excluding hydrogens is 386 g/mol. The van der Waals surface area contributed by atoms with Crippen LogP contribution < -0.4 is 19.5 Å². The Morgan fingerprint density at radius 1 is 1.10 bits per heavy atom. The van der Waals surface area contributed by atoms with Gasteiger partial charge in [-0.15, -0.1) is 0 Å². The number of hydrogen-bond acceptors (Lipinski definition) is 6. The first-order valence-electron chi connectivity index (χ1n) is 9.73. The third-order valence-corrected chi connectivity index (χ3v) is 5.44. The standard InChI is InChI=1S/C22H27N3O5/c1-25-18(26)13-16(22(27)24-12-9-14-7-10-23-11-8-14)19(25)15-5-6-17(28-2)21(30-4)20(15)29-3/h5-8,10-11,16,19H,9,12-13H2,1-4H3,(H,24,27)/t16-,19+/m0/s1. The minimum atomic E-state index is -0.535. The fourth-order valence-corrected chi connectivity index (χ4v) is 3.90. The highest BCUT2D eigenvalue weighted by atomic mass is 16.5. The van der Waals surface area contributed by atoms with Crippen molar-refractivity contribution in [3.63, 3.8) is 0 Å². The van der Waals surface area contributed by atoms with E-state index in [0.717, 1.165) is 5.56 Å². The lowest BCUT2D eigenvalue weighted by Crippen LogP contribution is -2.35. The molecule has 3 rings (SSSR count). The molecular formula is C22H27N3O5. The lowest BCUT2D eigenvalue weighted by Gasteiger charge is -2.27. The van der Waals surface area contributed by atoms with Crippen LogP contribution >= 0.6 is 0 Å². The summed E-state index contributed by atoms with van der Waals surface area (Å²) >= 11 is 0. The number of rotatable bonds is 8. The lowest BCUT2D eigenvalue weighted by atomic mass is 9.91. The predicted octanol–water partition coefficient (Wildman–Crippen LogP) is 1.99. The number of aromatic nitrogens is 1. The summed E-state index contributed by atoms with van der Waals surface area (Å²) < 4.78 is 16.4. The SMILES string of the molecule is COc1ccc([C@@H]2[C@@H](C(=O)NCCc3ccncc3)CC(=O)N2C)c(OC)c1OC. The third-order valence-electron chi connectivity index (χ3n) is 5.44. The van der Waals surface area contributed by atoms with Gasteiger partial charge in [0.25, 0.3) is 0 Å². The zero-order valence-corrected chi connectivity index (χ0v) is 17.7. The molecule has 0 saturated carbocycles. The summed E-state index contributed by atoms with van der Waals surface area (Å²) in [5, 5.41) is 2.97. The van der Waals surface area contributed by atoms with E-state index in [0.29, 0.717) is 35.8 Å². The number of amides is 2. The van der Waals surface area contributed by atoms with Crippen molar-refractivity contribution < 1.29 is 23.8 Å². The molecule has 1 aliphatic heterocycles. The van der Waals surface area contributed by atoms with Crippen molar-refractivity contribution in [3.8, 4) is 17.2 Å². The first kappa shape index (κ1) is 21.4. The number of hydrogen-bond donors (Lipinski definition) is 1. The molecule has 0 unspecified atom stereocenters. The maximum absolute atomic E-state index is 13.0. The average Bonchev–Trinajstić information content (AvgIpc) is 3.07. The summed E-state index contributed by atoms with van der Waals surface area (Å²) in [6, 6.07) is 6.93. The minimum Gasteiger partial charge on any atom is -0.493 e. The van der Waals surface area contributed by atoms with Gasteiger partial charge in [-0.1, -0.05) is 0 Å². The quantitative estimate of drug-likeness (QED) is 0.712. The monoisotopic (exact) mass is 413 g/mol. The number of methoxy groups -OCH3 is 3. The number of carbonyl (C=O) groups is 2. The van der Waals surface area contributed by atoms with Crippen molar-refractivity contribution in [2.75, 3.05) is 34.9 Å². The van der Waals surface area contributed by atoms with Crippen LogP contribution in [0.1, 0.15) is 23.6 Å². The summed E-state index contributed by atoms with van der Waals surface area (Å²) in [6.07, 6.45) is 4.27. The van der Waals surface area contributed by atoms with E-state index in [-0.39, 0.29) is 18.2 Å². The van der Waals surface area contributed by atoms with Gasteiger partial charge in [0.2, 0.25) is 17.6 Å². The van der Waals surface area contributed by atoms with Crippen LogP contribution in [0, 0.1) is 5.92 Å². The molecule has 2 heterocycles. The molecule has 0 bridgehead atoms. The van der Waals surface area contributed by atoms with Gasteiger partial charge in [-0.05, 0) is 36.2 Å². The molecule has 8 heteroatoms. The molecule has 0 spiro atoms. The maximum Gasteiger partial charge on any atom is 0.226 e. The number of benzene rings is 1. The van der Waals surface area contributed by atoms with E-state index < -0.39 is 12.0 Å². The van der Waals surface area contributed by atoms with Gasteiger partial charge in [0.1, 0.15) is 0 Å². The Morgan fingerprint density at radius 3 is 2.43 bits per heavy atom. The van der Waals surface area contributed by atoms with E-state index in [1.807, 2.05) is 18.2 Å². The van der Waals surface area contributed by atoms with Gasteiger partial charge in [-0.3, -0.25) is 14.6 Å². The molecule has 1 fully saturated rings. The van der Waals surface area contributed by atoms with Gasteiger partial charge in [-0.25, -0.2) is 0 Å². The minimum absolute atomic E-state index is 0.0916. The third kappa shape index (κ3) is 4.17. The van der Waals surface area contributed by atoms with Crippen LogP contribution in [0.25, 0.3) is 0 Å². The second kappa shape index (κ2) is 9.47. The second-order valence-corrected chi connectivity index (χ2v) is 7.08. The molecule has 2 atom stereocenters. The van der Waals surface area contributed by atoms with E-state index in [1.54, 1.807) is 37.5 Å².